The molecule has 1 atom stereocenters. The van der Waals surface area contributed by atoms with Crippen LogP contribution in [0.3, 0.4) is 0 Å². The molecule has 0 saturated carbocycles. The van der Waals surface area contributed by atoms with E-state index < -0.39 is 9.84 Å². The molecular formula is C13H15N3O3S2. The lowest BCUT2D eigenvalue weighted by atomic mass is 10.2. The fourth-order valence-corrected chi connectivity index (χ4v) is 4.67. The van der Waals surface area contributed by atoms with E-state index in [1.165, 1.54) is 0 Å². The number of nitrogens with one attached hydrogen (secondary N) is 1. The standard InChI is InChI=1S/C13H15N3O3S2/c17-13(14-11-3-6-21(18,19)9-11)7-16-4-1-12(15-16)10-2-5-20-8-10/h1-2,4-5,8,11H,3,6-7,9H2,(H,14,17). The van der Waals surface area contributed by atoms with Gasteiger partial charge in [-0.15, -0.1) is 0 Å². The minimum absolute atomic E-state index is 0.0397. The third-order valence-electron chi connectivity index (χ3n) is 3.36. The Morgan fingerprint density at radius 3 is 3.00 bits per heavy atom. The van der Waals surface area contributed by atoms with Crippen molar-refractivity contribution in [2.45, 2.75) is 19.0 Å². The molecule has 21 heavy (non-hydrogen) atoms. The first kappa shape index (κ1) is 14.3. The molecular weight excluding hydrogens is 310 g/mol. The predicted octanol–water partition coefficient (Wildman–Crippen LogP) is 0.915. The zero-order valence-corrected chi connectivity index (χ0v) is 12.9. The highest BCUT2D eigenvalue weighted by atomic mass is 32.2. The van der Waals surface area contributed by atoms with Crippen LogP contribution in [-0.4, -0.2) is 41.7 Å². The number of sulfone groups is 1. The fourth-order valence-electron chi connectivity index (χ4n) is 2.34. The molecule has 0 spiro atoms. The van der Waals surface area contributed by atoms with E-state index in [2.05, 4.69) is 10.4 Å². The number of rotatable bonds is 4. The number of carbonyl (C=O) groups is 1. The molecule has 0 radical (unpaired) electrons. The second kappa shape index (κ2) is 5.61. The van der Waals surface area contributed by atoms with Crippen LogP contribution in [0.4, 0.5) is 0 Å². The number of aromatic nitrogens is 2. The Hall–Kier alpha value is -1.67. The van der Waals surface area contributed by atoms with Crippen LogP contribution < -0.4 is 5.32 Å². The largest absolute Gasteiger partial charge is 0.351 e. The molecule has 0 aliphatic carbocycles. The van der Waals surface area contributed by atoms with Gasteiger partial charge in [-0.3, -0.25) is 9.48 Å². The van der Waals surface area contributed by atoms with Gasteiger partial charge in [0.05, 0.1) is 17.2 Å². The molecule has 8 heteroatoms. The van der Waals surface area contributed by atoms with Crippen molar-refractivity contribution < 1.29 is 13.2 Å². The van der Waals surface area contributed by atoms with Crippen LogP contribution in [0.1, 0.15) is 6.42 Å². The van der Waals surface area contributed by atoms with E-state index in [9.17, 15) is 13.2 Å². The first-order chi connectivity index (χ1) is 10.0. The molecule has 1 N–H and O–H groups in total. The van der Waals surface area contributed by atoms with Gasteiger partial charge in [0.2, 0.25) is 5.91 Å². The lowest BCUT2D eigenvalue weighted by Gasteiger charge is -2.10. The van der Waals surface area contributed by atoms with Gasteiger partial charge in [0.15, 0.2) is 9.84 Å². The first-order valence-electron chi connectivity index (χ1n) is 6.58. The maximum absolute atomic E-state index is 11.9. The third kappa shape index (κ3) is 3.51. The zero-order chi connectivity index (χ0) is 14.9. The number of hydrogen-bond donors (Lipinski definition) is 1. The molecule has 6 nitrogen and oxygen atoms in total. The molecule has 1 aliphatic heterocycles. The minimum atomic E-state index is -2.98. The van der Waals surface area contributed by atoms with E-state index in [-0.39, 0.29) is 30.0 Å². The lowest BCUT2D eigenvalue weighted by molar-refractivity contribution is -0.122. The molecule has 1 aliphatic rings. The Labute approximate surface area is 126 Å². The van der Waals surface area contributed by atoms with Crippen molar-refractivity contribution >= 4 is 27.1 Å². The molecule has 1 saturated heterocycles. The molecule has 2 aromatic heterocycles. The molecule has 0 aromatic carbocycles. The second-order valence-electron chi connectivity index (χ2n) is 5.08. The summed E-state index contributed by atoms with van der Waals surface area (Å²) in [7, 11) is -2.98. The maximum Gasteiger partial charge on any atom is 0.241 e. The fraction of sp³-hybridized carbons (Fsp3) is 0.385. The summed E-state index contributed by atoms with van der Waals surface area (Å²) in [5.74, 6) is -0.0166. The Bertz CT molecular complexity index is 735. The Morgan fingerprint density at radius 1 is 1.48 bits per heavy atom. The van der Waals surface area contributed by atoms with Gasteiger partial charge in [-0.1, -0.05) is 0 Å². The highest BCUT2D eigenvalue weighted by molar-refractivity contribution is 7.91. The predicted molar refractivity (Wildman–Crippen MR) is 80.7 cm³/mol. The monoisotopic (exact) mass is 325 g/mol. The van der Waals surface area contributed by atoms with Gasteiger partial charge in [-0.25, -0.2) is 8.42 Å². The molecule has 1 fully saturated rings. The van der Waals surface area contributed by atoms with Crippen LogP contribution in [0.5, 0.6) is 0 Å². The van der Waals surface area contributed by atoms with E-state index in [0.29, 0.717) is 6.42 Å². The topological polar surface area (TPSA) is 81.1 Å². The molecule has 112 valence electrons. The van der Waals surface area contributed by atoms with Gasteiger partial charge in [0.1, 0.15) is 6.54 Å². The van der Waals surface area contributed by atoms with Crippen LogP contribution in [-0.2, 0) is 21.2 Å². The number of carbonyl (C=O) groups excluding carboxylic acids is 1. The second-order valence-corrected chi connectivity index (χ2v) is 8.09. The van der Waals surface area contributed by atoms with E-state index in [1.807, 2.05) is 22.9 Å². The summed E-state index contributed by atoms with van der Waals surface area (Å²) >= 11 is 1.59. The van der Waals surface area contributed by atoms with Crippen LogP contribution in [0.25, 0.3) is 11.3 Å². The van der Waals surface area contributed by atoms with Crippen molar-refractivity contribution in [3.63, 3.8) is 0 Å². The molecule has 1 unspecified atom stereocenters. The van der Waals surface area contributed by atoms with Crippen molar-refractivity contribution in [2.24, 2.45) is 0 Å². The molecule has 3 rings (SSSR count). The molecule has 2 aromatic rings. The molecule has 0 bridgehead atoms. The summed E-state index contributed by atoms with van der Waals surface area (Å²) in [6, 6.07) is 3.56. The van der Waals surface area contributed by atoms with Crippen LogP contribution in [0.15, 0.2) is 29.1 Å². The summed E-state index contributed by atoms with van der Waals surface area (Å²) in [4.78, 5) is 11.9. The van der Waals surface area contributed by atoms with Crippen molar-refractivity contribution in [3.05, 3.63) is 29.1 Å². The summed E-state index contributed by atoms with van der Waals surface area (Å²) < 4.78 is 24.3. The van der Waals surface area contributed by atoms with Gasteiger partial charge in [0.25, 0.3) is 0 Å². The number of amides is 1. The minimum Gasteiger partial charge on any atom is -0.351 e. The maximum atomic E-state index is 11.9. The van der Waals surface area contributed by atoms with E-state index >= 15 is 0 Å². The van der Waals surface area contributed by atoms with E-state index in [4.69, 9.17) is 0 Å². The lowest BCUT2D eigenvalue weighted by Crippen LogP contribution is -2.37. The highest BCUT2D eigenvalue weighted by Crippen LogP contribution is 2.19. The molecule has 3 heterocycles. The van der Waals surface area contributed by atoms with E-state index in [1.54, 1.807) is 22.2 Å². The SMILES string of the molecule is O=C(Cn1ccc(-c2ccsc2)n1)NC1CCS(=O)(=O)C1. The Kier molecular flexibility index (Phi) is 3.81. The Morgan fingerprint density at radius 2 is 2.33 bits per heavy atom. The van der Waals surface area contributed by atoms with Gasteiger partial charge in [0, 0.05) is 23.2 Å². The van der Waals surface area contributed by atoms with Crippen LogP contribution >= 0.6 is 11.3 Å². The smallest absolute Gasteiger partial charge is 0.241 e. The van der Waals surface area contributed by atoms with Crippen molar-refractivity contribution in [3.8, 4) is 11.3 Å². The van der Waals surface area contributed by atoms with Crippen molar-refractivity contribution in [1.82, 2.24) is 15.1 Å². The van der Waals surface area contributed by atoms with Gasteiger partial charge < -0.3 is 5.32 Å². The van der Waals surface area contributed by atoms with Gasteiger partial charge in [-0.2, -0.15) is 16.4 Å². The average Bonchev–Trinajstić information content (AvgIpc) is 3.09. The van der Waals surface area contributed by atoms with Gasteiger partial charge >= 0.3 is 0 Å². The molecule has 1 amide bonds. The number of hydrogen-bond acceptors (Lipinski definition) is 5. The first-order valence-corrected chi connectivity index (χ1v) is 9.34. The van der Waals surface area contributed by atoms with Crippen LogP contribution in [0.2, 0.25) is 0 Å². The summed E-state index contributed by atoms with van der Waals surface area (Å²) in [6.07, 6.45) is 2.24. The van der Waals surface area contributed by atoms with Gasteiger partial charge in [-0.05, 0) is 23.9 Å². The summed E-state index contributed by atoms with van der Waals surface area (Å²) in [6.45, 7) is 0.0979. The van der Waals surface area contributed by atoms with Crippen molar-refractivity contribution in [1.29, 1.82) is 0 Å². The number of nitrogens with zero attached hydrogens (tertiary/aromatic N) is 2. The summed E-state index contributed by atoms with van der Waals surface area (Å²) in [5, 5.41) is 11.1. The Balaban J connectivity index is 1.58. The average molecular weight is 325 g/mol. The quantitative estimate of drug-likeness (QED) is 0.906. The normalized spacial score (nSPS) is 20.5. The zero-order valence-electron chi connectivity index (χ0n) is 11.2. The highest BCUT2D eigenvalue weighted by Gasteiger charge is 2.28. The third-order valence-corrected chi connectivity index (χ3v) is 5.81. The number of thiophene rings is 1. The van der Waals surface area contributed by atoms with Crippen molar-refractivity contribution in [2.75, 3.05) is 11.5 Å². The van der Waals surface area contributed by atoms with E-state index in [0.717, 1.165) is 11.3 Å². The van der Waals surface area contributed by atoms with Crippen LogP contribution in [0, 0.1) is 0 Å². The summed E-state index contributed by atoms with van der Waals surface area (Å²) in [5.41, 5.74) is 1.86.